The maximum absolute atomic E-state index is 10.9. The fourth-order valence-corrected chi connectivity index (χ4v) is 2.41. The Labute approximate surface area is 100 Å². The molecule has 1 aliphatic rings. The lowest BCUT2D eigenvalue weighted by atomic mass is 9.87. The number of nitro groups is 1. The quantitative estimate of drug-likeness (QED) is 0.646. The maximum atomic E-state index is 10.9. The third-order valence-corrected chi connectivity index (χ3v) is 3.26. The van der Waals surface area contributed by atoms with E-state index in [9.17, 15) is 10.1 Å². The SMILES string of the molecule is CC1CCCC(Nc2ncccc2[N+](=O)[O-])C1. The number of aromatic nitrogens is 1. The van der Waals surface area contributed by atoms with E-state index in [1.807, 2.05) is 0 Å². The first kappa shape index (κ1) is 11.8. The smallest absolute Gasteiger partial charge is 0.311 e. The van der Waals surface area contributed by atoms with Crippen molar-refractivity contribution in [1.29, 1.82) is 0 Å². The summed E-state index contributed by atoms with van der Waals surface area (Å²) in [5, 5.41) is 14.1. The van der Waals surface area contributed by atoms with Gasteiger partial charge in [-0.05, 0) is 24.8 Å². The molecule has 0 aromatic carbocycles. The Bertz CT molecular complexity index is 408. The molecule has 0 spiro atoms. The second kappa shape index (κ2) is 5.12. The molecule has 0 amide bonds. The highest BCUT2D eigenvalue weighted by Gasteiger charge is 2.22. The fraction of sp³-hybridized carbons (Fsp3) is 0.583. The minimum absolute atomic E-state index is 0.0609. The Morgan fingerprint density at radius 3 is 3.06 bits per heavy atom. The largest absolute Gasteiger partial charge is 0.362 e. The summed E-state index contributed by atoms with van der Waals surface area (Å²) in [6.07, 6.45) is 6.15. The van der Waals surface area contributed by atoms with Crippen LogP contribution in [-0.2, 0) is 0 Å². The monoisotopic (exact) mass is 235 g/mol. The van der Waals surface area contributed by atoms with E-state index in [4.69, 9.17) is 0 Å². The zero-order chi connectivity index (χ0) is 12.3. The highest BCUT2D eigenvalue weighted by molar-refractivity contribution is 5.55. The summed E-state index contributed by atoms with van der Waals surface area (Å²) in [6.45, 7) is 2.22. The summed E-state index contributed by atoms with van der Waals surface area (Å²) in [4.78, 5) is 14.5. The minimum Gasteiger partial charge on any atom is -0.362 e. The van der Waals surface area contributed by atoms with Gasteiger partial charge in [0.25, 0.3) is 0 Å². The Kier molecular flexibility index (Phi) is 3.56. The molecule has 1 fully saturated rings. The highest BCUT2D eigenvalue weighted by Crippen LogP contribution is 2.28. The predicted octanol–water partition coefficient (Wildman–Crippen LogP) is 2.98. The van der Waals surface area contributed by atoms with Crippen LogP contribution >= 0.6 is 0 Å². The summed E-state index contributed by atoms with van der Waals surface area (Å²) in [6, 6.07) is 3.39. The van der Waals surface area contributed by atoms with E-state index in [-0.39, 0.29) is 10.6 Å². The second-order valence-corrected chi connectivity index (χ2v) is 4.74. The van der Waals surface area contributed by atoms with Gasteiger partial charge < -0.3 is 5.32 Å². The predicted molar refractivity (Wildman–Crippen MR) is 65.9 cm³/mol. The summed E-state index contributed by atoms with van der Waals surface area (Å²) < 4.78 is 0. The van der Waals surface area contributed by atoms with Gasteiger partial charge in [-0.25, -0.2) is 4.98 Å². The fourth-order valence-electron chi connectivity index (χ4n) is 2.41. The molecule has 5 heteroatoms. The topological polar surface area (TPSA) is 68.1 Å². The molecule has 2 rings (SSSR count). The van der Waals surface area contributed by atoms with Crippen LogP contribution in [0.3, 0.4) is 0 Å². The third kappa shape index (κ3) is 2.93. The van der Waals surface area contributed by atoms with Gasteiger partial charge in [0, 0.05) is 18.3 Å². The van der Waals surface area contributed by atoms with E-state index in [2.05, 4.69) is 17.2 Å². The first-order valence-electron chi connectivity index (χ1n) is 6.02. The van der Waals surface area contributed by atoms with Crippen LogP contribution in [0.2, 0.25) is 0 Å². The lowest BCUT2D eigenvalue weighted by molar-refractivity contribution is -0.384. The van der Waals surface area contributed by atoms with Crippen LogP contribution in [0.25, 0.3) is 0 Å². The van der Waals surface area contributed by atoms with Crippen molar-refractivity contribution in [2.24, 2.45) is 5.92 Å². The molecule has 1 saturated carbocycles. The van der Waals surface area contributed by atoms with Gasteiger partial charge in [0.2, 0.25) is 5.82 Å². The molecular formula is C12H17N3O2. The van der Waals surface area contributed by atoms with Gasteiger partial charge in [0.1, 0.15) is 0 Å². The number of hydrogen-bond acceptors (Lipinski definition) is 4. The van der Waals surface area contributed by atoms with E-state index in [0.717, 1.165) is 12.8 Å². The Morgan fingerprint density at radius 2 is 2.35 bits per heavy atom. The van der Waals surface area contributed by atoms with E-state index in [1.165, 1.54) is 18.9 Å². The van der Waals surface area contributed by atoms with Crippen molar-refractivity contribution in [1.82, 2.24) is 4.98 Å². The van der Waals surface area contributed by atoms with Gasteiger partial charge in [-0.2, -0.15) is 0 Å². The van der Waals surface area contributed by atoms with Crippen molar-refractivity contribution in [3.05, 3.63) is 28.4 Å². The molecule has 1 aromatic heterocycles. The highest BCUT2D eigenvalue weighted by atomic mass is 16.6. The van der Waals surface area contributed by atoms with Crippen molar-refractivity contribution < 1.29 is 4.92 Å². The molecule has 1 N–H and O–H groups in total. The lowest BCUT2D eigenvalue weighted by Crippen LogP contribution is -2.26. The first-order valence-corrected chi connectivity index (χ1v) is 6.02. The molecular weight excluding hydrogens is 218 g/mol. The first-order chi connectivity index (χ1) is 8.16. The molecule has 0 radical (unpaired) electrons. The molecule has 2 atom stereocenters. The molecule has 17 heavy (non-hydrogen) atoms. The molecule has 2 unspecified atom stereocenters. The van der Waals surface area contributed by atoms with Crippen LogP contribution in [0.1, 0.15) is 32.6 Å². The minimum atomic E-state index is -0.387. The molecule has 1 aliphatic carbocycles. The summed E-state index contributed by atoms with van der Waals surface area (Å²) >= 11 is 0. The summed E-state index contributed by atoms with van der Waals surface area (Å²) in [7, 11) is 0. The standard InChI is InChI=1S/C12H17N3O2/c1-9-4-2-5-10(8-9)14-12-11(15(16)17)6-3-7-13-12/h3,6-7,9-10H,2,4-5,8H2,1H3,(H,13,14). The number of nitrogens with one attached hydrogen (secondary N) is 1. The summed E-state index contributed by atoms with van der Waals surface area (Å²) in [5.74, 6) is 1.08. The Hall–Kier alpha value is -1.65. The number of pyridine rings is 1. The van der Waals surface area contributed by atoms with E-state index in [1.54, 1.807) is 12.3 Å². The molecule has 1 aromatic rings. The van der Waals surface area contributed by atoms with Gasteiger partial charge in [-0.3, -0.25) is 10.1 Å². The second-order valence-electron chi connectivity index (χ2n) is 4.74. The van der Waals surface area contributed by atoms with Crippen LogP contribution < -0.4 is 5.32 Å². The Morgan fingerprint density at radius 1 is 1.53 bits per heavy atom. The molecule has 5 nitrogen and oxygen atoms in total. The number of nitrogens with zero attached hydrogens (tertiary/aromatic N) is 2. The maximum Gasteiger partial charge on any atom is 0.311 e. The van der Waals surface area contributed by atoms with Gasteiger partial charge in [0.15, 0.2) is 0 Å². The van der Waals surface area contributed by atoms with Gasteiger partial charge in [0.05, 0.1) is 4.92 Å². The van der Waals surface area contributed by atoms with Gasteiger partial charge >= 0.3 is 5.69 Å². The Balaban J connectivity index is 2.10. The van der Waals surface area contributed by atoms with E-state index >= 15 is 0 Å². The van der Waals surface area contributed by atoms with Crippen LogP contribution in [0, 0.1) is 16.0 Å². The number of anilines is 1. The molecule has 0 aliphatic heterocycles. The van der Waals surface area contributed by atoms with Crippen LogP contribution in [0.5, 0.6) is 0 Å². The average molecular weight is 235 g/mol. The van der Waals surface area contributed by atoms with Crippen LogP contribution in [0.15, 0.2) is 18.3 Å². The van der Waals surface area contributed by atoms with Crippen LogP contribution in [0.4, 0.5) is 11.5 Å². The van der Waals surface area contributed by atoms with Crippen molar-refractivity contribution in [3.8, 4) is 0 Å². The molecule has 92 valence electrons. The number of hydrogen-bond donors (Lipinski definition) is 1. The molecule has 0 bridgehead atoms. The zero-order valence-corrected chi connectivity index (χ0v) is 9.93. The number of rotatable bonds is 3. The molecule has 1 heterocycles. The van der Waals surface area contributed by atoms with Crippen molar-refractivity contribution >= 4 is 11.5 Å². The van der Waals surface area contributed by atoms with E-state index in [0.29, 0.717) is 17.8 Å². The van der Waals surface area contributed by atoms with Crippen LogP contribution in [-0.4, -0.2) is 15.9 Å². The van der Waals surface area contributed by atoms with Crippen molar-refractivity contribution in [2.45, 2.75) is 38.6 Å². The molecule has 0 saturated heterocycles. The normalized spacial score (nSPS) is 24.3. The van der Waals surface area contributed by atoms with Gasteiger partial charge in [-0.1, -0.05) is 19.8 Å². The van der Waals surface area contributed by atoms with Gasteiger partial charge in [-0.15, -0.1) is 0 Å². The van der Waals surface area contributed by atoms with E-state index < -0.39 is 0 Å². The third-order valence-electron chi connectivity index (χ3n) is 3.26. The zero-order valence-electron chi connectivity index (χ0n) is 9.93. The van der Waals surface area contributed by atoms with Crippen molar-refractivity contribution in [2.75, 3.05) is 5.32 Å². The van der Waals surface area contributed by atoms with Crippen molar-refractivity contribution in [3.63, 3.8) is 0 Å². The lowest BCUT2D eigenvalue weighted by Gasteiger charge is -2.27. The average Bonchev–Trinajstić information content (AvgIpc) is 2.29. The summed E-state index contributed by atoms with van der Waals surface area (Å²) in [5.41, 5.74) is 0.0609.